The summed E-state index contributed by atoms with van der Waals surface area (Å²) in [6, 6.07) is 23.4. The van der Waals surface area contributed by atoms with Crippen LogP contribution in [0, 0.1) is 0 Å². The number of nitrogens with zero attached hydrogens (tertiary/aromatic N) is 3. The van der Waals surface area contributed by atoms with Crippen LogP contribution in [0.15, 0.2) is 78.0 Å². The van der Waals surface area contributed by atoms with Crippen LogP contribution in [-0.2, 0) is 5.41 Å². The molecule has 36 heavy (non-hydrogen) atoms. The zero-order chi connectivity index (χ0) is 25.7. The van der Waals surface area contributed by atoms with E-state index in [9.17, 15) is 4.79 Å². The summed E-state index contributed by atoms with van der Waals surface area (Å²) in [5.74, 6) is 2.50. The third-order valence-electron chi connectivity index (χ3n) is 5.79. The van der Waals surface area contributed by atoms with Crippen molar-refractivity contribution in [2.75, 3.05) is 19.5 Å². The summed E-state index contributed by atoms with van der Waals surface area (Å²) in [4.78, 5) is 12.9. The summed E-state index contributed by atoms with van der Waals surface area (Å²) in [6.45, 7) is 9.14. The Balaban J connectivity index is 1.66. The Morgan fingerprint density at radius 3 is 2.11 bits per heavy atom. The molecule has 1 heterocycles. The molecule has 7 heteroatoms. The molecule has 0 spiro atoms. The van der Waals surface area contributed by atoms with Crippen molar-refractivity contribution >= 4 is 17.5 Å². The number of hydrogen-bond acceptors (Lipinski definition) is 6. The van der Waals surface area contributed by atoms with Crippen molar-refractivity contribution in [3.63, 3.8) is 0 Å². The molecule has 0 amide bonds. The lowest BCUT2D eigenvalue weighted by molar-refractivity contribution is 0.102. The summed E-state index contributed by atoms with van der Waals surface area (Å²) < 4.78 is 12.8. The molecule has 0 saturated carbocycles. The number of Topliss-reactive ketones (excluding diaryl/α,β-unsaturated/α-hetero) is 1. The van der Waals surface area contributed by atoms with E-state index in [-0.39, 0.29) is 17.0 Å². The molecule has 0 bridgehead atoms. The molecule has 0 aliphatic rings. The highest BCUT2D eigenvalue weighted by molar-refractivity contribution is 7.99. The van der Waals surface area contributed by atoms with Gasteiger partial charge in [0.1, 0.15) is 11.5 Å². The smallest absolute Gasteiger partial charge is 0.196 e. The van der Waals surface area contributed by atoms with Crippen molar-refractivity contribution in [1.29, 1.82) is 0 Å². The second-order valence-corrected chi connectivity index (χ2v) is 10.3. The molecular weight excluding hydrogens is 470 g/mol. The van der Waals surface area contributed by atoms with Crippen molar-refractivity contribution in [2.45, 2.75) is 38.3 Å². The largest absolute Gasteiger partial charge is 0.497 e. The van der Waals surface area contributed by atoms with E-state index in [1.54, 1.807) is 31.4 Å². The molecule has 0 atom stereocenters. The molecule has 0 unspecified atom stereocenters. The summed E-state index contributed by atoms with van der Waals surface area (Å²) in [6.07, 6.45) is 0. The monoisotopic (exact) mass is 501 g/mol. The Bertz CT molecular complexity index is 1310. The predicted octanol–water partition coefficient (Wildman–Crippen LogP) is 6.61. The maximum atomic E-state index is 12.9. The highest BCUT2D eigenvalue weighted by Gasteiger charge is 2.19. The van der Waals surface area contributed by atoms with Crippen LogP contribution >= 0.6 is 11.8 Å². The minimum atomic E-state index is 0.0139. The van der Waals surface area contributed by atoms with Gasteiger partial charge in [-0.2, -0.15) is 0 Å². The summed E-state index contributed by atoms with van der Waals surface area (Å²) in [5.41, 5.74) is 3.80. The number of ketones is 1. The van der Waals surface area contributed by atoms with Crippen LogP contribution in [0.2, 0.25) is 0 Å². The van der Waals surface area contributed by atoms with Gasteiger partial charge in [-0.1, -0.05) is 56.8 Å². The van der Waals surface area contributed by atoms with Crippen LogP contribution in [0.3, 0.4) is 0 Å². The fraction of sp³-hybridized carbons (Fsp3) is 0.276. The van der Waals surface area contributed by atoms with Gasteiger partial charge < -0.3 is 9.47 Å². The molecular formula is C29H31N3O3S. The van der Waals surface area contributed by atoms with E-state index in [1.165, 1.54) is 17.3 Å². The standard InChI is InChI=1S/C29H31N3O3S/c1-6-35-25-17-13-23(14-18-25)32-27(21-7-11-22(12-8-21)29(2,3)4)30-31-28(32)36-19-26(33)20-9-15-24(34-5)16-10-20/h7-18H,6,19H2,1-5H3. The van der Waals surface area contributed by atoms with Gasteiger partial charge in [0.25, 0.3) is 0 Å². The van der Waals surface area contributed by atoms with E-state index in [1.807, 2.05) is 35.8 Å². The Labute approximate surface area is 216 Å². The number of aromatic nitrogens is 3. The first-order valence-corrected chi connectivity index (χ1v) is 12.9. The average molecular weight is 502 g/mol. The van der Waals surface area contributed by atoms with Crippen LogP contribution in [0.1, 0.15) is 43.6 Å². The summed E-state index contributed by atoms with van der Waals surface area (Å²) in [5, 5.41) is 9.63. The molecule has 0 radical (unpaired) electrons. The minimum absolute atomic E-state index is 0.0139. The molecule has 186 valence electrons. The van der Waals surface area contributed by atoms with E-state index in [0.29, 0.717) is 17.3 Å². The molecule has 1 aromatic heterocycles. The lowest BCUT2D eigenvalue weighted by Crippen LogP contribution is -2.10. The van der Waals surface area contributed by atoms with Gasteiger partial charge in [0.15, 0.2) is 16.8 Å². The Kier molecular flexibility index (Phi) is 7.79. The number of rotatable bonds is 9. The number of ether oxygens (including phenoxy) is 2. The fourth-order valence-electron chi connectivity index (χ4n) is 3.75. The van der Waals surface area contributed by atoms with Gasteiger partial charge in [-0.3, -0.25) is 9.36 Å². The molecule has 0 aliphatic heterocycles. The Morgan fingerprint density at radius 1 is 0.889 bits per heavy atom. The van der Waals surface area contributed by atoms with E-state index >= 15 is 0 Å². The van der Waals surface area contributed by atoms with Crippen molar-refractivity contribution in [1.82, 2.24) is 14.8 Å². The maximum absolute atomic E-state index is 12.9. The van der Waals surface area contributed by atoms with Crippen LogP contribution in [0.4, 0.5) is 0 Å². The first-order valence-electron chi connectivity index (χ1n) is 11.9. The van der Waals surface area contributed by atoms with E-state index in [4.69, 9.17) is 9.47 Å². The van der Waals surface area contributed by atoms with E-state index in [2.05, 4.69) is 55.2 Å². The number of hydrogen-bond donors (Lipinski definition) is 0. The van der Waals surface area contributed by atoms with Gasteiger partial charge in [0, 0.05) is 16.8 Å². The number of methoxy groups -OCH3 is 1. The second kappa shape index (κ2) is 11.0. The molecule has 0 aliphatic carbocycles. The van der Waals surface area contributed by atoms with Crippen molar-refractivity contribution in [3.8, 4) is 28.6 Å². The number of thioether (sulfide) groups is 1. The normalized spacial score (nSPS) is 11.4. The second-order valence-electron chi connectivity index (χ2n) is 9.34. The van der Waals surface area contributed by atoms with Gasteiger partial charge in [0.2, 0.25) is 0 Å². The topological polar surface area (TPSA) is 66.2 Å². The zero-order valence-electron chi connectivity index (χ0n) is 21.3. The quantitative estimate of drug-likeness (QED) is 0.190. The highest BCUT2D eigenvalue weighted by atomic mass is 32.2. The first kappa shape index (κ1) is 25.5. The Hall–Kier alpha value is -3.58. The summed E-state index contributed by atoms with van der Waals surface area (Å²) >= 11 is 1.37. The third kappa shape index (κ3) is 5.79. The molecule has 0 saturated heterocycles. The SMILES string of the molecule is CCOc1ccc(-n2c(SCC(=O)c3ccc(OC)cc3)nnc2-c2ccc(C(C)(C)C)cc2)cc1. The van der Waals surface area contributed by atoms with Crippen LogP contribution in [0.5, 0.6) is 11.5 Å². The molecule has 4 rings (SSSR count). The lowest BCUT2D eigenvalue weighted by Gasteiger charge is -2.19. The lowest BCUT2D eigenvalue weighted by atomic mass is 9.87. The minimum Gasteiger partial charge on any atom is -0.497 e. The van der Waals surface area contributed by atoms with Crippen LogP contribution in [-0.4, -0.2) is 40.0 Å². The van der Waals surface area contributed by atoms with E-state index in [0.717, 1.165) is 28.6 Å². The number of benzene rings is 3. The maximum Gasteiger partial charge on any atom is 0.196 e. The van der Waals surface area contributed by atoms with Gasteiger partial charge in [0.05, 0.1) is 19.5 Å². The molecule has 4 aromatic rings. The molecule has 6 nitrogen and oxygen atoms in total. The highest BCUT2D eigenvalue weighted by Crippen LogP contribution is 2.31. The van der Waals surface area contributed by atoms with Gasteiger partial charge >= 0.3 is 0 Å². The average Bonchev–Trinajstić information content (AvgIpc) is 3.31. The molecule has 0 fully saturated rings. The molecule has 3 aromatic carbocycles. The fourth-order valence-corrected chi connectivity index (χ4v) is 4.60. The third-order valence-corrected chi connectivity index (χ3v) is 6.72. The predicted molar refractivity (Wildman–Crippen MR) is 145 cm³/mol. The molecule has 0 N–H and O–H groups in total. The zero-order valence-corrected chi connectivity index (χ0v) is 22.1. The van der Waals surface area contributed by atoms with Crippen molar-refractivity contribution in [3.05, 3.63) is 83.9 Å². The number of carbonyl (C=O) groups excluding carboxylic acids is 1. The van der Waals surface area contributed by atoms with Gasteiger partial charge in [-0.05, 0) is 66.4 Å². The van der Waals surface area contributed by atoms with Crippen molar-refractivity contribution < 1.29 is 14.3 Å². The van der Waals surface area contributed by atoms with Gasteiger partial charge in [-0.15, -0.1) is 10.2 Å². The van der Waals surface area contributed by atoms with E-state index < -0.39 is 0 Å². The van der Waals surface area contributed by atoms with Crippen LogP contribution < -0.4 is 9.47 Å². The van der Waals surface area contributed by atoms with Gasteiger partial charge in [-0.25, -0.2) is 0 Å². The number of carbonyl (C=O) groups is 1. The first-order chi connectivity index (χ1) is 17.3. The summed E-state index contributed by atoms with van der Waals surface area (Å²) in [7, 11) is 1.61. The Morgan fingerprint density at radius 2 is 1.53 bits per heavy atom. The van der Waals surface area contributed by atoms with Crippen molar-refractivity contribution in [2.24, 2.45) is 0 Å². The van der Waals surface area contributed by atoms with Crippen LogP contribution in [0.25, 0.3) is 17.1 Å².